The first-order valence-corrected chi connectivity index (χ1v) is 7.96. The van der Waals surface area contributed by atoms with Crippen molar-refractivity contribution in [3.05, 3.63) is 11.2 Å². The topological polar surface area (TPSA) is 82.8 Å². The van der Waals surface area contributed by atoms with Crippen LogP contribution in [-0.4, -0.2) is 18.9 Å². The van der Waals surface area contributed by atoms with Crippen LogP contribution in [0, 0.1) is 16.7 Å². The molecular weight excluding hydrogens is 270 g/mol. The Morgan fingerprint density at radius 1 is 1.61 bits per heavy atom. The normalized spacial score (nSPS) is 25.7. The van der Waals surface area contributed by atoms with Crippen molar-refractivity contribution in [2.45, 2.75) is 43.4 Å². The van der Waals surface area contributed by atoms with Crippen LogP contribution in [0.4, 0.5) is 0 Å². The van der Waals surface area contributed by atoms with Gasteiger partial charge in [0.05, 0.1) is 17.3 Å². The zero-order valence-electron chi connectivity index (χ0n) is 10.5. The predicted molar refractivity (Wildman–Crippen MR) is 68.6 cm³/mol. The van der Waals surface area contributed by atoms with Crippen LogP contribution < -0.4 is 4.72 Å². The molecule has 1 unspecified atom stereocenters. The van der Waals surface area contributed by atoms with E-state index >= 15 is 0 Å². The highest BCUT2D eigenvalue weighted by Crippen LogP contribution is 2.55. The lowest BCUT2D eigenvalue weighted by Gasteiger charge is -2.13. The van der Waals surface area contributed by atoms with E-state index in [-0.39, 0.29) is 9.62 Å². The lowest BCUT2D eigenvalue weighted by Crippen LogP contribution is -2.38. The Labute approximate surface area is 111 Å². The van der Waals surface area contributed by atoms with Gasteiger partial charge in [0.15, 0.2) is 4.21 Å². The van der Waals surface area contributed by atoms with Crippen LogP contribution in [0.15, 0.2) is 10.4 Å². The molecule has 7 heteroatoms. The van der Waals surface area contributed by atoms with Gasteiger partial charge in [-0.3, -0.25) is 0 Å². The molecule has 18 heavy (non-hydrogen) atoms. The third-order valence-electron chi connectivity index (χ3n) is 3.34. The third kappa shape index (κ3) is 2.05. The number of nitrogens with zero attached hydrogens (tertiary/aromatic N) is 2. The summed E-state index contributed by atoms with van der Waals surface area (Å²) in [6.45, 7) is 5.68. The fraction of sp³-hybridized carbons (Fsp3) is 0.636. The molecule has 0 aromatic carbocycles. The molecule has 0 aliphatic heterocycles. The second-order valence-electron chi connectivity index (χ2n) is 5.11. The summed E-state index contributed by atoms with van der Waals surface area (Å²) in [5.74, 6) is 0. The molecule has 0 amide bonds. The first kappa shape index (κ1) is 13.5. The van der Waals surface area contributed by atoms with Gasteiger partial charge >= 0.3 is 0 Å². The third-order valence-corrected chi connectivity index (χ3v) is 6.43. The van der Waals surface area contributed by atoms with Gasteiger partial charge in [-0.15, -0.1) is 11.3 Å². The first-order valence-electron chi connectivity index (χ1n) is 5.66. The highest BCUT2D eigenvalue weighted by molar-refractivity contribution is 7.91. The van der Waals surface area contributed by atoms with Gasteiger partial charge in [-0.25, -0.2) is 13.4 Å². The molecule has 1 aromatic rings. The summed E-state index contributed by atoms with van der Waals surface area (Å²) in [6, 6.07) is 2.08. The van der Waals surface area contributed by atoms with Crippen molar-refractivity contribution in [2.24, 2.45) is 5.41 Å². The van der Waals surface area contributed by atoms with Crippen molar-refractivity contribution >= 4 is 21.4 Å². The highest BCUT2D eigenvalue weighted by Gasteiger charge is 2.64. The molecule has 5 nitrogen and oxygen atoms in total. The van der Waals surface area contributed by atoms with E-state index in [0.29, 0.717) is 12.8 Å². The fourth-order valence-electron chi connectivity index (χ4n) is 1.87. The Balaban J connectivity index is 2.27. The number of hydrogen-bond donors (Lipinski definition) is 1. The van der Waals surface area contributed by atoms with Gasteiger partial charge in [-0.1, -0.05) is 20.8 Å². The Morgan fingerprint density at radius 2 is 2.22 bits per heavy atom. The maximum Gasteiger partial charge on any atom is 0.253 e. The summed E-state index contributed by atoms with van der Waals surface area (Å²) in [6.07, 6.45) is 2.59. The largest absolute Gasteiger partial charge is 0.253 e. The van der Waals surface area contributed by atoms with Crippen LogP contribution in [0.2, 0.25) is 0 Å². The van der Waals surface area contributed by atoms with Gasteiger partial charge in [0, 0.05) is 5.41 Å². The van der Waals surface area contributed by atoms with E-state index in [0.717, 1.165) is 16.3 Å². The monoisotopic (exact) mass is 285 g/mol. The average Bonchev–Trinajstić information content (AvgIpc) is 2.70. The number of rotatable bonds is 4. The van der Waals surface area contributed by atoms with Crippen LogP contribution in [0.1, 0.15) is 32.2 Å². The molecule has 0 spiro atoms. The summed E-state index contributed by atoms with van der Waals surface area (Å²) in [7, 11) is -3.64. The molecule has 0 radical (unpaired) electrons. The summed E-state index contributed by atoms with van der Waals surface area (Å²) < 4.78 is 27.0. The minimum absolute atomic E-state index is 0.177. The Morgan fingerprint density at radius 3 is 2.61 bits per heavy atom. The Hall–Kier alpha value is -0.970. The van der Waals surface area contributed by atoms with E-state index in [1.165, 1.54) is 6.20 Å². The van der Waals surface area contributed by atoms with E-state index in [1.54, 1.807) is 0 Å². The van der Waals surface area contributed by atoms with Gasteiger partial charge in [0.2, 0.25) is 0 Å². The van der Waals surface area contributed by atoms with Gasteiger partial charge < -0.3 is 0 Å². The number of aryl methyl sites for hydroxylation is 1. The summed E-state index contributed by atoms with van der Waals surface area (Å²) >= 11 is 1.15. The van der Waals surface area contributed by atoms with Crippen LogP contribution in [0.5, 0.6) is 0 Å². The summed E-state index contributed by atoms with van der Waals surface area (Å²) in [5.41, 5.74) is -1.28. The minimum atomic E-state index is -3.64. The van der Waals surface area contributed by atoms with Crippen molar-refractivity contribution in [1.29, 1.82) is 5.26 Å². The van der Waals surface area contributed by atoms with E-state index in [1.807, 2.05) is 20.8 Å². The molecule has 1 heterocycles. The molecule has 0 bridgehead atoms. The Bertz CT molecular complexity index is 612. The molecule has 0 saturated heterocycles. The molecule has 1 aromatic heterocycles. The summed E-state index contributed by atoms with van der Waals surface area (Å²) in [4.78, 5) is 4.03. The molecule has 1 aliphatic carbocycles. The van der Waals surface area contributed by atoms with Crippen molar-refractivity contribution in [1.82, 2.24) is 9.71 Å². The van der Waals surface area contributed by atoms with E-state index < -0.39 is 15.6 Å². The number of thiazole rings is 1. The smallest absolute Gasteiger partial charge is 0.248 e. The Kier molecular flexibility index (Phi) is 3.00. The number of hydrogen-bond acceptors (Lipinski definition) is 5. The van der Waals surface area contributed by atoms with Crippen molar-refractivity contribution < 1.29 is 8.42 Å². The average molecular weight is 285 g/mol. The van der Waals surface area contributed by atoms with Gasteiger partial charge in [0.1, 0.15) is 5.54 Å². The quantitative estimate of drug-likeness (QED) is 0.912. The molecule has 2 rings (SSSR count). The molecular formula is C11H15N3O2S2. The number of aromatic nitrogens is 1. The standard InChI is InChI=1S/C11H15N3O2S2/c1-4-8-13-5-9(17-8)18(15,16)14-11(7-12)6-10(11,2)3/h5,14H,4,6H2,1-3H3. The zero-order chi connectivity index (χ0) is 13.6. The van der Waals surface area contributed by atoms with Crippen molar-refractivity contribution in [3.63, 3.8) is 0 Å². The van der Waals surface area contributed by atoms with Crippen molar-refractivity contribution in [2.75, 3.05) is 0 Å². The minimum Gasteiger partial charge on any atom is -0.248 e. The number of sulfonamides is 1. The number of nitriles is 1. The van der Waals surface area contributed by atoms with Crippen LogP contribution in [0.25, 0.3) is 0 Å². The molecule has 1 saturated carbocycles. The second kappa shape index (κ2) is 4.02. The SMILES string of the molecule is CCc1ncc(S(=O)(=O)NC2(C#N)CC2(C)C)s1. The fourth-order valence-corrected chi connectivity index (χ4v) is 4.45. The van der Waals surface area contributed by atoms with Crippen LogP contribution in [-0.2, 0) is 16.4 Å². The molecule has 1 atom stereocenters. The summed E-state index contributed by atoms with van der Waals surface area (Å²) in [5, 5.41) is 9.94. The lowest BCUT2D eigenvalue weighted by atomic mass is 10.1. The molecule has 1 aliphatic rings. The lowest BCUT2D eigenvalue weighted by molar-refractivity contribution is 0.514. The van der Waals surface area contributed by atoms with Gasteiger partial charge in [-0.05, 0) is 12.8 Å². The molecule has 1 N–H and O–H groups in total. The van der Waals surface area contributed by atoms with E-state index in [2.05, 4.69) is 15.8 Å². The maximum absolute atomic E-state index is 12.2. The second-order valence-corrected chi connectivity index (χ2v) is 8.13. The van der Waals surface area contributed by atoms with Gasteiger partial charge in [0.25, 0.3) is 10.0 Å². The van der Waals surface area contributed by atoms with Crippen molar-refractivity contribution in [3.8, 4) is 6.07 Å². The first-order chi connectivity index (χ1) is 8.26. The molecule has 1 fully saturated rings. The maximum atomic E-state index is 12.2. The predicted octanol–water partition coefficient (Wildman–Crippen LogP) is 1.68. The highest BCUT2D eigenvalue weighted by atomic mass is 32.2. The number of nitrogens with one attached hydrogen (secondary N) is 1. The van der Waals surface area contributed by atoms with E-state index in [9.17, 15) is 8.42 Å². The van der Waals surface area contributed by atoms with Gasteiger partial charge in [-0.2, -0.15) is 9.98 Å². The molecule has 98 valence electrons. The van der Waals surface area contributed by atoms with Crippen LogP contribution in [0.3, 0.4) is 0 Å². The van der Waals surface area contributed by atoms with Crippen LogP contribution >= 0.6 is 11.3 Å². The zero-order valence-corrected chi connectivity index (χ0v) is 12.2. The van der Waals surface area contributed by atoms with E-state index in [4.69, 9.17) is 5.26 Å².